The molecule has 0 aliphatic carbocycles. The van der Waals surface area contributed by atoms with E-state index in [0.29, 0.717) is 6.42 Å². The highest BCUT2D eigenvalue weighted by Gasteiger charge is 2.21. The van der Waals surface area contributed by atoms with Crippen LogP contribution < -0.4 is 10.5 Å². The van der Waals surface area contributed by atoms with Gasteiger partial charge < -0.3 is 9.88 Å². The molecule has 0 radical (unpaired) electrons. The molecule has 0 saturated carbocycles. The van der Waals surface area contributed by atoms with Crippen molar-refractivity contribution in [2.24, 2.45) is 7.05 Å². The molecule has 0 aromatic carbocycles. The molecule has 1 N–H and O–H groups in total. The molecule has 3 aromatic rings. The average molecular weight is 310 g/mol. The molecule has 0 unspecified atom stereocenters. The zero-order valence-electron chi connectivity index (χ0n) is 13.2. The minimum absolute atomic E-state index is 0.0714. The first-order valence-electron chi connectivity index (χ1n) is 7.73. The van der Waals surface area contributed by atoms with Gasteiger partial charge in [-0.25, -0.2) is 15.0 Å². The van der Waals surface area contributed by atoms with Crippen molar-refractivity contribution in [3.8, 4) is 0 Å². The summed E-state index contributed by atoms with van der Waals surface area (Å²) in [5, 5.41) is 0. The number of fused-ring (bicyclic) bond motifs is 2. The van der Waals surface area contributed by atoms with Gasteiger partial charge in [0.05, 0.1) is 11.2 Å². The number of aryl methyl sites for hydroxylation is 1. The van der Waals surface area contributed by atoms with Crippen LogP contribution in [0, 0.1) is 6.92 Å². The van der Waals surface area contributed by atoms with E-state index in [-0.39, 0.29) is 5.56 Å². The Kier molecular flexibility index (Phi) is 3.14. The third-order valence-corrected chi connectivity index (χ3v) is 4.57. The molecule has 0 bridgehead atoms. The van der Waals surface area contributed by atoms with Gasteiger partial charge in [-0.05, 0) is 19.4 Å². The molecule has 1 aliphatic rings. The molecule has 4 rings (SSSR count). The largest absolute Gasteiger partial charge is 0.357 e. The number of rotatable bonds is 1. The molecule has 3 aromatic heterocycles. The summed E-state index contributed by atoms with van der Waals surface area (Å²) in [6.45, 7) is 3.41. The number of hydrogen-bond donors (Lipinski definition) is 1. The van der Waals surface area contributed by atoms with Crippen LogP contribution in [-0.4, -0.2) is 37.6 Å². The van der Waals surface area contributed by atoms with E-state index in [1.807, 2.05) is 19.2 Å². The molecule has 1 aliphatic heterocycles. The summed E-state index contributed by atoms with van der Waals surface area (Å²) in [6, 6.07) is 1.94. The van der Waals surface area contributed by atoms with E-state index >= 15 is 0 Å². The third-order valence-electron chi connectivity index (χ3n) is 4.57. The van der Waals surface area contributed by atoms with Crippen molar-refractivity contribution in [2.75, 3.05) is 18.0 Å². The van der Waals surface area contributed by atoms with E-state index in [4.69, 9.17) is 0 Å². The lowest BCUT2D eigenvalue weighted by molar-refractivity contribution is 0.736. The fraction of sp³-hybridized carbons (Fsp3) is 0.375. The van der Waals surface area contributed by atoms with Crippen molar-refractivity contribution in [1.29, 1.82) is 0 Å². The van der Waals surface area contributed by atoms with E-state index in [1.54, 1.807) is 17.9 Å². The first kappa shape index (κ1) is 13.9. The number of aromatic amines is 1. The van der Waals surface area contributed by atoms with Gasteiger partial charge in [0.2, 0.25) is 0 Å². The summed E-state index contributed by atoms with van der Waals surface area (Å²) in [5.41, 5.74) is 3.67. The lowest BCUT2D eigenvalue weighted by Crippen LogP contribution is -2.28. The summed E-state index contributed by atoms with van der Waals surface area (Å²) in [5.74, 6) is 1.65. The number of aromatic nitrogens is 5. The molecule has 7 heteroatoms. The van der Waals surface area contributed by atoms with Gasteiger partial charge in [-0.1, -0.05) is 0 Å². The molecule has 4 heterocycles. The zero-order valence-corrected chi connectivity index (χ0v) is 13.2. The Morgan fingerprint density at radius 3 is 2.91 bits per heavy atom. The molecule has 0 spiro atoms. The number of anilines is 1. The van der Waals surface area contributed by atoms with Crippen LogP contribution in [0.4, 0.5) is 5.82 Å². The summed E-state index contributed by atoms with van der Waals surface area (Å²) >= 11 is 0. The number of nitrogens with zero attached hydrogens (tertiary/aromatic N) is 5. The maximum absolute atomic E-state index is 12.5. The maximum atomic E-state index is 12.5. The molecule has 0 atom stereocenters. The van der Waals surface area contributed by atoms with Gasteiger partial charge >= 0.3 is 0 Å². The van der Waals surface area contributed by atoms with E-state index < -0.39 is 0 Å². The van der Waals surface area contributed by atoms with E-state index in [0.717, 1.165) is 53.4 Å². The summed E-state index contributed by atoms with van der Waals surface area (Å²) in [7, 11) is 1.78. The second-order valence-corrected chi connectivity index (χ2v) is 5.87. The van der Waals surface area contributed by atoms with E-state index in [2.05, 4.69) is 24.8 Å². The predicted molar refractivity (Wildman–Crippen MR) is 87.7 cm³/mol. The van der Waals surface area contributed by atoms with Crippen molar-refractivity contribution < 1.29 is 0 Å². The van der Waals surface area contributed by atoms with Gasteiger partial charge in [0.25, 0.3) is 5.56 Å². The summed E-state index contributed by atoms with van der Waals surface area (Å²) in [6.07, 6.45) is 4.89. The van der Waals surface area contributed by atoms with Crippen molar-refractivity contribution in [2.45, 2.75) is 19.8 Å². The molecule has 0 fully saturated rings. The first-order valence-corrected chi connectivity index (χ1v) is 7.73. The maximum Gasteiger partial charge on any atom is 0.256 e. The number of nitrogens with one attached hydrogen (secondary N) is 1. The highest BCUT2D eigenvalue weighted by atomic mass is 16.1. The van der Waals surface area contributed by atoms with Gasteiger partial charge in [0.15, 0.2) is 5.82 Å². The van der Waals surface area contributed by atoms with Crippen molar-refractivity contribution in [3.05, 3.63) is 46.0 Å². The molecular formula is C16H18N6O. The Balaban J connectivity index is 1.73. The highest BCUT2D eigenvalue weighted by molar-refractivity contribution is 5.85. The Morgan fingerprint density at radius 2 is 2.04 bits per heavy atom. The van der Waals surface area contributed by atoms with Gasteiger partial charge in [-0.3, -0.25) is 9.36 Å². The highest BCUT2D eigenvalue weighted by Crippen LogP contribution is 2.23. The van der Waals surface area contributed by atoms with E-state index in [1.165, 1.54) is 0 Å². The molecule has 118 valence electrons. The smallest absolute Gasteiger partial charge is 0.256 e. The van der Waals surface area contributed by atoms with E-state index in [9.17, 15) is 4.79 Å². The first-order chi connectivity index (χ1) is 11.1. The normalized spacial score (nSPS) is 14.8. The summed E-state index contributed by atoms with van der Waals surface area (Å²) < 4.78 is 1.63. The molecule has 0 saturated heterocycles. The van der Waals surface area contributed by atoms with Crippen LogP contribution in [0.5, 0.6) is 0 Å². The van der Waals surface area contributed by atoms with Crippen LogP contribution in [0.3, 0.4) is 0 Å². The lowest BCUT2D eigenvalue weighted by atomic mass is 10.1. The molecular weight excluding hydrogens is 292 g/mol. The van der Waals surface area contributed by atoms with Crippen molar-refractivity contribution >= 4 is 16.9 Å². The molecule has 7 nitrogen and oxygen atoms in total. The number of hydrogen-bond acceptors (Lipinski definition) is 5. The molecule has 0 amide bonds. The molecule has 23 heavy (non-hydrogen) atoms. The second kappa shape index (κ2) is 5.19. The Morgan fingerprint density at radius 1 is 1.22 bits per heavy atom. The Hall–Kier alpha value is -2.70. The van der Waals surface area contributed by atoms with Gasteiger partial charge in [-0.2, -0.15) is 0 Å². The Labute approximate surface area is 133 Å². The zero-order chi connectivity index (χ0) is 16.0. The van der Waals surface area contributed by atoms with Crippen LogP contribution in [0.25, 0.3) is 11.0 Å². The van der Waals surface area contributed by atoms with Crippen LogP contribution in [0.2, 0.25) is 0 Å². The fourth-order valence-corrected chi connectivity index (χ4v) is 3.18. The average Bonchev–Trinajstić information content (AvgIpc) is 2.94. The quantitative estimate of drug-likeness (QED) is 0.724. The van der Waals surface area contributed by atoms with Crippen LogP contribution in [0.15, 0.2) is 23.4 Å². The minimum atomic E-state index is 0.0714. The fourth-order valence-electron chi connectivity index (χ4n) is 3.18. The van der Waals surface area contributed by atoms with Crippen molar-refractivity contribution in [1.82, 2.24) is 24.5 Å². The standard InChI is InChI=1S/C16H18N6O/c1-10-20-12-5-8-22(7-4-11(12)16(23)21(10)2)15-14-13(3-6-17-14)18-9-19-15/h3,6,9,17H,4-5,7-8H2,1-2H3. The Bertz CT molecular complexity index is 941. The SMILES string of the molecule is Cc1nc2c(c(=O)n1C)CCN(c1ncnc3cc[nH]c13)CC2. The van der Waals surface area contributed by atoms with Crippen molar-refractivity contribution in [3.63, 3.8) is 0 Å². The minimum Gasteiger partial charge on any atom is -0.357 e. The van der Waals surface area contributed by atoms with Gasteiger partial charge in [0.1, 0.15) is 17.7 Å². The lowest BCUT2D eigenvalue weighted by Gasteiger charge is -2.21. The topological polar surface area (TPSA) is 79.7 Å². The summed E-state index contributed by atoms with van der Waals surface area (Å²) in [4.78, 5) is 31.2. The number of H-pyrrole nitrogens is 1. The van der Waals surface area contributed by atoms with Crippen LogP contribution in [-0.2, 0) is 19.9 Å². The third kappa shape index (κ3) is 2.19. The van der Waals surface area contributed by atoms with Gasteiger partial charge in [-0.15, -0.1) is 0 Å². The predicted octanol–water partition coefficient (Wildman–Crippen LogP) is 0.965. The van der Waals surface area contributed by atoms with Crippen LogP contribution in [0.1, 0.15) is 17.1 Å². The monoisotopic (exact) mass is 310 g/mol. The second-order valence-electron chi connectivity index (χ2n) is 5.87. The van der Waals surface area contributed by atoms with Gasteiger partial charge in [0, 0.05) is 38.3 Å². The van der Waals surface area contributed by atoms with Crippen LogP contribution >= 0.6 is 0 Å².